The third-order valence-electron chi connectivity index (χ3n) is 5.63. The predicted octanol–water partition coefficient (Wildman–Crippen LogP) is 3.09. The van der Waals surface area contributed by atoms with Gasteiger partial charge in [-0.15, -0.1) is 0 Å². The van der Waals surface area contributed by atoms with Crippen LogP contribution in [0.2, 0.25) is 0 Å². The van der Waals surface area contributed by atoms with Gasteiger partial charge in [-0.1, -0.05) is 12.1 Å². The summed E-state index contributed by atoms with van der Waals surface area (Å²) >= 11 is 0. The summed E-state index contributed by atoms with van der Waals surface area (Å²) in [6.07, 6.45) is 0.832. The Morgan fingerprint density at radius 3 is 2.39 bits per heavy atom. The Hall–Kier alpha value is -3.09. The Balaban J connectivity index is 1.60. The van der Waals surface area contributed by atoms with Crippen molar-refractivity contribution in [1.29, 1.82) is 0 Å². The van der Waals surface area contributed by atoms with Crippen LogP contribution in [0.25, 0.3) is 11.1 Å². The summed E-state index contributed by atoms with van der Waals surface area (Å²) in [5.41, 5.74) is 7.79. The van der Waals surface area contributed by atoms with Crippen molar-refractivity contribution in [3.05, 3.63) is 46.9 Å². The van der Waals surface area contributed by atoms with Gasteiger partial charge in [-0.3, -0.25) is 14.2 Å². The molecule has 3 aromatic rings. The lowest BCUT2D eigenvalue weighted by atomic mass is 10.0. The highest BCUT2D eigenvalue weighted by atomic mass is 16.2. The molecule has 1 N–H and O–H groups in total. The third-order valence-corrected chi connectivity index (χ3v) is 5.63. The smallest absolute Gasteiger partial charge is 0.219 e. The fourth-order valence-corrected chi connectivity index (χ4v) is 4.01. The monoisotopic (exact) mass is 378 g/mol. The molecule has 0 saturated heterocycles. The predicted molar refractivity (Wildman–Crippen MR) is 109 cm³/mol. The first-order valence-corrected chi connectivity index (χ1v) is 9.53. The summed E-state index contributed by atoms with van der Waals surface area (Å²) < 4.78 is 3.84. The summed E-state index contributed by atoms with van der Waals surface area (Å²) in [6.45, 7) is 7.10. The third kappa shape index (κ3) is 3.06. The first-order chi connectivity index (χ1) is 13.3. The number of nitrogens with one attached hydrogen (secondary N) is 1. The molecule has 1 amide bonds. The average Bonchev–Trinajstić information content (AvgIpc) is 3.11. The molecule has 0 saturated carbocycles. The maximum atomic E-state index is 11.8. The lowest BCUT2D eigenvalue weighted by molar-refractivity contribution is -0.129. The van der Waals surface area contributed by atoms with Crippen molar-refractivity contribution in [1.82, 2.24) is 24.5 Å². The highest BCUT2D eigenvalue weighted by Gasteiger charge is 2.25. The van der Waals surface area contributed by atoms with E-state index in [4.69, 9.17) is 0 Å². The largest absolute Gasteiger partial charge is 0.338 e. The molecule has 1 aliphatic rings. The fraction of sp³-hybridized carbons (Fsp3) is 0.381. The van der Waals surface area contributed by atoms with Gasteiger partial charge < -0.3 is 10.2 Å². The topological polar surface area (TPSA) is 68.0 Å². The molecule has 0 unspecified atom stereocenters. The van der Waals surface area contributed by atoms with Gasteiger partial charge in [0.25, 0.3) is 0 Å². The number of carbonyl (C=O) groups is 1. The van der Waals surface area contributed by atoms with E-state index in [0.29, 0.717) is 6.54 Å². The number of nitrogens with zero attached hydrogens (tertiary/aromatic N) is 5. The first kappa shape index (κ1) is 18.3. The summed E-state index contributed by atoms with van der Waals surface area (Å²) in [4.78, 5) is 13.7. The van der Waals surface area contributed by atoms with Crippen LogP contribution in [0, 0.1) is 13.8 Å². The lowest BCUT2D eigenvalue weighted by Gasteiger charge is -2.26. The van der Waals surface area contributed by atoms with Gasteiger partial charge in [0.15, 0.2) is 5.82 Å². The van der Waals surface area contributed by atoms with Gasteiger partial charge in [-0.25, -0.2) is 0 Å². The maximum Gasteiger partial charge on any atom is 0.219 e. The van der Waals surface area contributed by atoms with Crippen LogP contribution in [0.15, 0.2) is 24.3 Å². The molecule has 0 radical (unpaired) electrons. The normalized spacial score (nSPS) is 13.5. The van der Waals surface area contributed by atoms with Crippen molar-refractivity contribution in [3.8, 4) is 11.1 Å². The lowest BCUT2D eigenvalue weighted by Crippen LogP contribution is -2.34. The number of benzene rings is 1. The Bertz CT molecular complexity index is 1040. The van der Waals surface area contributed by atoms with E-state index in [1.165, 1.54) is 11.3 Å². The van der Waals surface area contributed by atoms with Crippen LogP contribution in [0.5, 0.6) is 0 Å². The quantitative estimate of drug-likeness (QED) is 0.760. The van der Waals surface area contributed by atoms with Crippen molar-refractivity contribution in [2.45, 2.75) is 33.7 Å². The van der Waals surface area contributed by atoms with E-state index < -0.39 is 0 Å². The highest BCUT2D eigenvalue weighted by Crippen LogP contribution is 2.31. The van der Waals surface area contributed by atoms with Crippen LogP contribution in [0.4, 0.5) is 11.5 Å². The second-order valence-electron chi connectivity index (χ2n) is 7.46. The molecule has 7 nitrogen and oxygen atoms in total. The number of rotatable bonds is 3. The Morgan fingerprint density at radius 2 is 1.79 bits per heavy atom. The maximum absolute atomic E-state index is 11.8. The second kappa shape index (κ2) is 6.82. The van der Waals surface area contributed by atoms with Gasteiger partial charge in [-0.2, -0.15) is 10.2 Å². The van der Waals surface area contributed by atoms with Gasteiger partial charge in [0.05, 0.1) is 12.2 Å². The summed E-state index contributed by atoms with van der Waals surface area (Å²) in [5, 5.41) is 12.6. The zero-order chi connectivity index (χ0) is 20.0. The zero-order valence-corrected chi connectivity index (χ0v) is 17.1. The van der Waals surface area contributed by atoms with Crippen LogP contribution in [0.1, 0.15) is 29.6 Å². The Kier molecular flexibility index (Phi) is 4.45. The summed E-state index contributed by atoms with van der Waals surface area (Å²) in [6, 6.07) is 8.34. The molecule has 2 aromatic heterocycles. The number of amides is 1. The van der Waals surface area contributed by atoms with Crippen molar-refractivity contribution >= 4 is 17.4 Å². The first-order valence-electron chi connectivity index (χ1n) is 9.53. The van der Waals surface area contributed by atoms with Crippen LogP contribution in [0.3, 0.4) is 0 Å². The minimum absolute atomic E-state index is 0.104. The standard InChI is InChI=1S/C21H26N6O/c1-13-20(14(2)25(4)23-13)16-6-8-17(9-7-16)22-21-18-12-27(15(3)28)11-10-19(18)26(5)24-21/h6-9H,10-12H2,1-5H3,(H,22,24). The van der Waals surface area contributed by atoms with Crippen molar-refractivity contribution in [3.63, 3.8) is 0 Å². The number of aromatic nitrogens is 4. The van der Waals surface area contributed by atoms with E-state index in [1.54, 1.807) is 6.92 Å². The SMILES string of the molecule is CC(=O)N1CCc2c(c(Nc3ccc(-c4c(C)nn(C)c4C)cc3)nn2C)C1. The van der Waals surface area contributed by atoms with E-state index in [2.05, 4.69) is 46.7 Å². The summed E-state index contributed by atoms with van der Waals surface area (Å²) in [5.74, 6) is 0.928. The molecular formula is C21H26N6O. The van der Waals surface area contributed by atoms with E-state index in [9.17, 15) is 4.79 Å². The van der Waals surface area contributed by atoms with Crippen LogP contribution >= 0.6 is 0 Å². The van der Waals surface area contributed by atoms with Gasteiger partial charge >= 0.3 is 0 Å². The fourth-order valence-electron chi connectivity index (χ4n) is 4.01. The molecule has 0 aliphatic carbocycles. The van der Waals surface area contributed by atoms with E-state index in [0.717, 1.165) is 47.0 Å². The Labute approximate surface area is 165 Å². The Morgan fingerprint density at radius 1 is 1.07 bits per heavy atom. The number of hydrogen-bond acceptors (Lipinski definition) is 4. The molecular weight excluding hydrogens is 352 g/mol. The molecule has 28 heavy (non-hydrogen) atoms. The van der Waals surface area contributed by atoms with E-state index in [-0.39, 0.29) is 5.91 Å². The molecule has 7 heteroatoms. The van der Waals surface area contributed by atoms with Crippen LogP contribution < -0.4 is 5.32 Å². The van der Waals surface area contributed by atoms with Crippen molar-refractivity contribution < 1.29 is 4.79 Å². The molecule has 0 fully saturated rings. The van der Waals surface area contributed by atoms with Gasteiger partial charge in [0.2, 0.25) is 5.91 Å². The zero-order valence-electron chi connectivity index (χ0n) is 17.1. The molecule has 0 atom stereocenters. The van der Waals surface area contributed by atoms with E-state index >= 15 is 0 Å². The van der Waals surface area contributed by atoms with Crippen molar-refractivity contribution in [2.75, 3.05) is 11.9 Å². The van der Waals surface area contributed by atoms with E-state index in [1.807, 2.05) is 35.3 Å². The second-order valence-corrected chi connectivity index (χ2v) is 7.46. The molecule has 4 rings (SSSR count). The van der Waals surface area contributed by atoms with Gasteiger partial charge in [0.1, 0.15) is 0 Å². The molecule has 0 bridgehead atoms. The minimum atomic E-state index is 0.104. The number of carbonyl (C=O) groups excluding carboxylic acids is 1. The summed E-state index contributed by atoms with van der Waals surface area (Å²) in [7, 11) is 3.93. The van der Waals surface area contributed by atoms with Crippen LogP contribution in [-0.4, -0.2) is 36.9 Å². The number of hydrogen-bond donors (Lipinski definition) is 1. The van der Waals surface area contributed by atoms with Crippen molar-refractivity contribution in [2.24, 2.45) is 14.1 Å². The number of anilines is 2. The number of aryl methyl sites for hydroxylation is 3. The molecule has 0 spiro atoms. The number of fused-ring (bicyclic) bond motifs is 1. The van der Waals surface area contributed by atoms with Gasteiger partial charge in [0, 0.05) is 62.2 Å². The molecule has 1 aromatic carbocycles. The minimum Gasteiger partial charge on any atom is -0.338 e. The van der Waals surface area contributed by atoms with Gasteiger partial charge in [-0.05, 0) is 31.5 Å². The highest BCUT2D eigenvalue weighted by molar-refractivity contribution is 5.75. The molecule has 1 aliphatic heterocycles. The molecule has 146 valence electrons. The molecule has 3 heterocycles. The van der Waals surface area contributed by atoms with Crippen LogP contribution in [-0.2, 0) is 31.9 Å². The average molecular weight is 378 g/mol.